The first-order valence-corrected chi connectivity index (χ1v) is 7.02. The van der Waals surface area contributed by atoms with E-state index in [1.807, 2.05) is 13.0 Å². The van der Waals surface area contributed by atoms with E-state index in [1.165, 1.54) is 0 Å². The molecule has 112 valence electrons. The molecule has 0 fully saturated rings. The Kier molecular flexibility index (Phi) is 7.59. The van der Waals surface area contributed by atoms with Crippen molar-refractivity contribution in [3.05, 3.63) is 29.8 Å². The fourth-order valence-corrected chi connectivity index (χ4v) is 1.61. The van der Waals surface area contributed by atoms with Gasteiger partial charge in [0.1, 0.15) is 5.75 Å². The van der Waals surface area contributed by atoms with Crippen molar-refractivity contribution in [2.75, 3.05) is 6.61 Å². The molecule has 5 nitrogen and oxygen atoms in total. The zero-order valence-electron chi connectivity index (χ0n) is 12.1. The van der Waals surface area contributed by atoms with Gasteiger partial charge in [0.2, 0.25) is 0 Å². The normalized spacial score (nSPS) is 9.71. The summed E-state index contributed by atoms with van der Waals surface area (Å²) in [6, 6.07) is 8.33. The highest BCUT2D eigenvalue weighted by atomic mass is 16.5. The summed E-state index contributed by atoms with van der Waals surface area (Å²) in [6.07, 6.45) is 2.56. The molecule has 0 spiro atoms. The van der Waals surface area contributed by atoms with Crippen LogP contribution in [0.4, 0.5) is 0 Å². The van der Waals surface area contributed by atoms with Crippen LogP contribution >= 0.6 is 0 Å². The number of hydrogen-bond acceptors (Lipinski definition) is 5. The van der Waals surface area contributed by atoms with Gasteiger partial charge < -0.3 is 9.47 Å². The minimum absolute atomic E-state index is 0.225. The van der Waals surface area contributed by atoms with Crippen LogP contribution in [-0.2, 0) is 14.3 Å². The third kappa shape index (κ3) is 7.11. The quantitative estimate of drug-likeness (QED) is 0.418. The number of nitrogens with zero attached hydrogens (tertiary/aromatic N) is 1. The first kappa shape index (κ1) is 16.7. The Morgan fingerprint density at radius 3 is 2.29 bits per heavy atom. The Morgan fingerprint density at radius 1 is 1.10 bits per heavy atom. The van der Waals surface area contributed by atoms with E-state index in [9.17, 15) is 9.59 Å². The monoisotopic (exact) mass is 289 g/mol. The summed E-state index contributed by atoms with van der Waals surface area (Å²) in [7, 11) is 0. The predicted octanol–water partition coefficient (Wildman–Crippen LogP) is 2.98. The Bertz CT molecular complexity index is 502. The Balaban J connectivity index is 2.19. The van der Waals surface area contributed by atoms with Gasteiger partial charge in [-0.3, -0.25) is 9.59 Å². The molecule has 1 rings (SSSR count). The van der Waals surface area contributed by atoms with Gasteiger partial charge in [-0.1, -0.05) is 6.92 Å². The number of benzene rings is 1. The van der Waals surface area contributed by atoms with Gasteiger partial charge in [0, 0.05) is 12.8 Å². The van der Waals surface area contributed by atoms with Gasteiger partial charge >= 0.3 is 11.9 Å². The number of hydrogen-bond donors (Lipinski definition) is 0. The number of unbranched alkanes of at least 4 members (excludes halogenated alkanes) is 1. The van der Waals surface area contributed by atoms with Crippen LogP contribution in [0.1, 0.15) is 44.6 Å². The van der Waals surface area contributed by atoms with Crippen LogP contribution < -0.4 is 4.74 Å². The van der Waals surface area contributed by atoms with Crippen LogP contribution in [0.5, 0.6) is 5.75 Å². The summed E-state index contributed by atoms with van der Waals surface area (Å²) in [4.78, 5) is 22.8. The molecule has 0 unspecified atom stereocenters. The van der Waals surface area contributed by atoms with Gasteiger partial charge in [-0.2, -0.15) is 5.26 Å². The van der Waals surface area contributed by atoms with E-state index in [0.717, 1.165) is 6.42 Å². The van der Waals surface area contributed by atoms with Crippen molar-refractivity contribution in [1.82, 2.24) is 0 Å². The van der Waals surface area contributed by atoms with Crippen molar-refractivity contribution in [2.45, 2.75) is 39.0 Å². The van der Waals surface area contributed by atoms with E-state index >= 15 is 0 Å². The Morgan fingerprint density at radius 2 is 1.71 bits per heavy atom. The molecule has 0 amide bonds. The number of ether oxygens (including phenoxy) is 2. The zero-order chi connectivity index (χ0) is 15.5. The molecule has 0 aliphatic heterocycles. The van der Waals surface area contributed by atoms with Crippen molar-refractivity contribution in [2.24, 2.45) is 0 Å². The summed E-state index contributed by atoms with van der Waals surface area (Å²) < 4.78 is 10.1. The Labute approximate surface area is 124 Å². The van der Waals surface area contributed by atoms with Crippen molar-refractivity contribution >= 4 is 11.9 Å². The maximum atomic E-state index is 11.6. The second-order valence-electron chi connectivity index (χ2n) is 4.54. The van der Waals surface area contributed by atoms with E-state index in [-0.39, 0.29) is 18.4 Å². The molecule has 1 aromatic carbocycles. The molecule has 0 aromatic heterocycles. The lowest BCUT2D eigenvalue weighted by Gasteiger charge is -2.05. The van der Waals surface area contributed by atoms with Gasteiger partial charge in [-0.05, 0) is 43.5 Å². The molecule has 0 aliphatic carbocycles. The molecular weight excluding hydrogens is 270 g/mol. The van der Waals surface area contributed by atoms with Crippen molar-refractivity contribution in [3.63, 3.8) is 0 Å². The lowest BCUT2D eigenvalue weighted by Crippen LogP contribution is -2.09. The number of carbonyl (C=O) groups excluding carboxylic acids is 2. The second kappa shape index (κ2) is 9.54. The molecule has 5 heteroatoms. The molecule has 0 heterocycles. The van der Waals surface area contributed by atoms with E-state index in [4.69, 9.17) is 14.7 Å². The molecule has 0 radical (unpaired) electrons. The van der Waals surface area contributed by atoms with Gasteiger partial charge in [0.25, 0.3) is 0 Å². The topological polar surface area (TPSA) is 76.4 Å². The molecule has 0 aliphatic rings. The highest BCUT2D eigenvalue weighted by Crippen LogP contribution is 2.13. The molecule has 1 aromatic rings. The zero-order valence-corrected chi connectivity index (χ0v) is 12.1. The summed E-state index contributed by atoms with van der Waals surface area (Å²) in [5.41, 5.74) is 0.514. The van der Waals surface area contributed by atoms with Crippen LogP contribution in [-0.4, -0.2) is 18.5 Å². The van der Waals surface area contributed by atoms with Gasteiger partial charge in [0.15, 0.2) is 0 Å². The average Bonchev–Trinajstić information content (AvgIpc) is 2.50. The van der Waals surface area contributed by atoms with Crippen LogP contribution in [0.3, 0.4) is 0 Å². The van der Waals surface area contributed by atoms with E-state index in [0.29, 0.717) is 37.2 Å². The number of rotatable bonds is 8. The van der Waals surface area contributed by atoms with Crippen molar-refractivity contribution in [1.29, 1.82) is 5.26 Å². The Hall–Kier alpha value is -2.35. The number of nitriles is 1. The van der Waals surface area contributed by atoms with Gasteiger partial charge in [0.05, 0.1) is 18.2 Å². The molecule has 0 N–H and O–H groups in total. The smallest absolute Gasteiger partial charge is 0.311 e. The summed E-state index contributed by atoms with van der Waals surface area (Å²) in [6.45, 7) is 2.38. The summed E-state index contributed by atoms with van der Waals surface area (Å²) >= 11 is 0. The van der Waals surface area contributed by atoms with Gasteiger partial charge in [-0.15, -0.1) is 0 Å². The summed E-state index contributed by atoms with van der Waals surface area (Å²) in [5, 5.41) is 8.66. The third-order valence-corrected chi connectivity index (χ3v) is 2.69. The number of esters is 2. The third-order valence-electron chi connectivity index (χ3n) is 2.69. The average molecular weight is 289 g/mol. The van der Waals surface area contributed by atoms with Crippen LogP contribution in [0.15, 0.2) is 24.3 Å². The van der Waals surface area contributed by atoms with Crippen LogP contribution in [0.2, 0.25) is 0 Å². The fraction of sp³-hybridized carbons (Fsp3) is 0.438. The maximum absolute atomic E-state index is 11.6. The lowest BCUT2D eigenvalue weighted by atomic mass is 10.2. The van der Waals surface area contributed by atoms with Gasteiger partial charge in [-0.25, -0.2) is 0 Å². The highest BCUT2D eigenvalue weighted by molar-refractivity contribution is 5.72. The standard InChI is InChI=1S/C16H19NO4/c1-2-11-20-15(18)5-3-4-6-16(19)21-14-9-7-13(12-17)8-10-14/h7-10H,2-6,11H2,1H3. The molecule has 0 atom stereocenters. The van der Waals surface area contributed by atoms with Crippen molar-refractivity contribution < 1.29 is 19.1 Å². The maximum Gasteiger partial charge on any atom is 0.311 e. The van der Waals surface area contributed by atoms with Crippen LogP contribution in [0, 0.1) is 11.3 Å². The molecule has 0 saturated carbocycles. The molecule has 21 heavy (non-hydrogen) atoms. The first-order valence-electron chi connectivity index (χ1n) is 7.02. The van der Waals surface area contributed by atoms with Crippen LogP contribution in [0.25, 0.3) is 0 Å². The molecule has 0 bridgehead atoms. The minimum Gasteiger partial charge on any atom is -0.466 e. The lowest BCUT2D eigenvalue weighted by molar-refractivity contribution is -0.144. The predicted molar refractivity (Wildman–Crippen MR) is 76.5 cm³/mol. The number of carbonyl (C=O) groups is 2. The van der Waals surface area contributed by atoms with E-state index in [2.05, 4.69) is 0 Å². The fourth-order valence-electron chi connectivity index (χ4n) is 1.61. The largest absolute Gasteiger partial charge is 0.466 e. The SMILES string of the molecule is CCCOC(=O)CCCCC(=O)Oc1ccc(C#N)cc1. The van der Waals surface area contributed by atoms with E-state index < -0.39 is 0 Å². The first-order chi connectivity index (χ1) is 10.2. The molecule has 0 saturated heterocycles. The minimum atomic E-state index is -0.346. The summed E-state index contributed by atoms with van der Waals surface area (Å²) in [5.74, 6) is -0.153. The second-order valence-corrected chi connectivity index (χ2v) is 4.54. The van der Waals surface area contributed by atoms with E-state index in [1.54, 1.807) is 24.3 Å². The molecular formula is C16H19NO4. The highest BCUT2D eigenvalue weighted by Gasteiger charge is 2.07. The van der Waals surface area contributed by atoms with Crippen molar-refractivity contribution in [3.8, 4) is 11.8 Å².